The van der Waals surface area contributed by atoms with Crippen molar-refractivity contribution in [3.8, 4) is 0 Å². The topological polar surface area (TPSA) is 72.7 Å². The second kappa shape index (κ2) is 7.47. The summed E-state index contributed by atoms with van der Waals surface area (Å²) in [5.74, 6) is -0.305. The van der Waals surface area contributed by atoms with E-state index in [1.807, 2.05) is 6.92 Å². The van der Waals surface area contributed by atoms with Crippen molar-refractivity contribution in [2.75, 3.05) is 0 Å². The summed E-state index contributed by atoms with van der Waals surface area (Å²) in [6, 6.07) is 6.12. The summed E-state index contributed by atoms with van der Waals surface area (Å²) in [4.78, 5) is 11.9. The van der Waals surface area contributed by atoms with Crippen molar-refractivity contribution in [1.82, 2.24) is 25.5 Å². The standard InChI is InChI=1S/C14H18FN5O/c1-2-13(11-5-7-12(15)8-6-11)17-14(21)4-3-9-20-10-16-18-19-20/h5-8,10,13H,2-4,9H2,1H3,(H,17,21)/t13-/m1/s1. The molecular formula is C14H18FN5O. The minimum absolute atomic E-state index is 0.0285. The Hall–Kier alpha value is -2.31. The van der Waals surface area contributed by atoms with Crippen molar-refractivity contribution in [3.63, 3.8) is 0 Å². The lowest BCUT2D eigenvalue weighted by molar-refractivity contribution is -0.122. The molecule has 112 valence electrons. The highest BCUT2D eigenvalue weighted by atomic mass is 19.1. The molecular weight excluding hydrogens is 273 g/mol. The van der Waals surface area contributed by atoms with Crippen LogP contribution in [-0.2, 0) is 11.3 Å². The first-order valence-corrected chi connectivity index (χ1v) is 6.94. The molecule has 1 N–H and O–H groups in total. The Labute approximate surface area is 122 Å². The Kier molecular flexibility index (Phi) is 5.36. The molecule has 2 aromatic rings. The van der Waals surface area contributed by atoms with E-state index in [9.17, 15) is 9.18 Å². The van der Waals surface area contributed by atoms with E-state index in [1.165, 1.54) is 18.5 Å². The fraction of sp³-hybridized carbons (Fsp3) is 0.429. The smallest absolute Gasteiger partial charge is 0.220 e. The number of amides is 1. The lowest BCUT2D eigenvalue weighted by atomic mass is 10.0. The number of nitrogens with zero attached hydrogens (tertiary/aromatic N) is 4. The van der Waals surface area contributed by atoms with Gasteiger partial charge in [0.05, 0.1) is 6.04 Å². The van der Waals surface area contributed by atoms with Gasteiger partial charge in [0.25, 0.3) is 0 Å². The van der Waals surface area contributed by atoms with Crippen molar-refractivity contribution in [1.29, 1.82) is 0 Å². The number of nitrogens with one attached hydrogen (secondary N) is 1. The fourth-order valence-corrected chi connectivity index (χ4v) is 2.07. The first-order chi connectivity index (χ1) is 10.2. The third-order valence-electron chi connectivity index (χ3n) is 3.20. The van der Waals surface area contributed by atoms with Crippen LogP contribution in [0, 0.1) is 5.82 Å². The molecule has 7 heteroatoms. The molecule has 0 aliphatic heterocycles. The zero-order valence-corrected chi connectivity index (χ0v) is 11.9. The predicted octanol–water partition coefficient (Wildman–Crippen LogP) is 1.86. The Bertz CT molecular complexity index is 555. The number of benzene rings is 1. The summed E-state index contributed by atoms with van der Waals surface area (Å²) in [7, 11) is 0. The van der Waals surface area contributed by atoms with E-state index >= 15 is 0 Å². The molecule has 2 rings (SSSR count). The Morgan fingerprint density at radius 2 is 2.14 bits per heavy atom. The van der Waals surface area contributed by atoms with Crippen LogP contribution < -0.4 is 5.32 Å². The summed E-state index contributed by atoms with van der Waals surface area (Å²) in [5.41, 5.74) is 0.910. The average molecular weight is 291 g/mol. The SMILES string of the molecule is CC[C@@H](NC(=O)CCCn1cnnn1)c1ccc(F)cc1. The number of halogens is 1. The van der Waals surface area contributed by atoms with Gasteiger partial charge in [-0.3, -0.25) is 4.79 Å². The monoisotopic (exact) mass is 291 g/mol. The summed E-state index contributed by atoms with van der Waals surface area (Å²) in [6.07, 6.45) is 3.34. The molecule has 1 heterocycles. The lowest BCUT2D eigenvalue weighted by Gasteiger charge is -2.17. The van der Waals surface area contributed by atoms with E-state index in [0.717, 1.165) is 12.0 Å². The molecule has 0 bridgehead atoms. The quantitative estimate of drug-likeness (QED) is 0.845. The minimum atomic E-state index is -0.277. The first kappa shape index (κ1) is 15.1. The highest BCUT2D eigenvalue weighted by Crippen LogP contribution is 2.17. The molecule has 0 unspecified atom stereocenters. The number of rotatable bonds is 7. The summed E-state index contributed by atoms with van der Waals surface area (Å²) in [6.45, 7) is 2.59. The van der Waals surface area contributed by atoms with E-state index in [-0.39, 0.29) is 17.8 Å². The molecule has 0 fully saturated rings. The molecule has 1 aromatic heterocycles. The normalized spacial score (nSPS) is 12.1. The van der Waals surface area contributed by atoms with Crippen LogP contribution >= 0.6 is 0 Å². The molecule has 0 radical (unpaired) electrons. The van der Waals surface area contributed by atoms with Gasteiger partial charge in [-0.2, -0.15) is 0 Å². The third-order valence-corrected chi connectivity index (χ3v) is 3.20. The van der Waals surface area contributed by atoms with E-state index in [4.69, 9.17) is 0 Å². The largest absolute Gasteiger partial charge is 0.349 e. The van der Waals surface area contributed by atoms with Gasteiger partial charge in [0.15, 0.2) is 0 Å². The molecule has 6 nitrogen and oxygen atoms in total. The van der Waals surface area contributed by atoms with Crippen LogP contribution in [0.4, 0.5) is 4.39 Å². The van der Waals surface area contributed by atoms with Gasteiger partial charge in [0.1, 0.15) is 12.1 Å². The van der Waals surface area contributed by atoms with Crippen molar-refractivity contribution in [2.24, 2.45) is 0 Å². The van der Waals surface area contributed by atoms with Gasteiger partial charge in [0.2, 0.25) is 5.91 Å². The predicted molar refractivity (Wildman–Crippen MR) is 74.6 cm³/mol. The summed E-state index contributed by atoms with van der Waals surface area (Å²) in [5, 5.41) is 13.8. The molecule has 0 saturated carbocycles. The Morgan fingerprint density at radius 1 is 1.38 bits per heavy atom. The van der Waals surface area contributed by atoms with Crippen molar-refractivity contribution >= 4 is 5.91 Å². The first-order valence-electron chi connectivity index (χ1n) is 6.94. The van der Waals surface area contributed by atoms with Crippen molar-refractivity contribution in [2.45, 2.75) is 38.8 Å². The summed E-state index contributed by atoms with van der Waals surface area (Å²) >= 11 is 0. The summed E-state index contributed by atoms with van der Waals surface area (Å²) < 4.78 is 14.5. The molecule has 1 aromatic carbocycles. The van der Waals surface area contributed by atoms with Crippen LogP contribution in [0.1, 0.15) is 37.8 Å². The Morgan fingerprint density at radius 3 is 2.76 bits per heavy atom. The lowest BCUT2D eigenvalue weighted by Crippen LogP contribution is -2.28. The fourth-order valence-electron chi connectivity index (χ4n) is 2.07. The molecule has 0 spiro atoms. The number of carbonyl (C=O) groups excluding carboxylic acids is 1. The van der Waals surface area contributed by atoms with Gasteiger partial charge in [-0.25, -0.2) is 9.07 Å². The second-order valence-electron chi connectivity index (χ2n) is 4.76. The number of tetrazole rings is 1. The van der Waals surface area contributed by atoms with Gasteiger partial charge >= 0.3 is 0 Å². The molecule has 0 aliphatic carbocycles. The van der Waals surface area contributed by atoms with Gasteiger partial charge in [0, 0.05) is 13.0 Å². The number of aromatic nitrogens is 4. The number of hydrogen-bond donors (Lipinski definition) is 1. The van der Waals surface area contributed by atoms with Crippen LogP contribution in [0.3, 0.4) is 0 Å². The van der Waals surface area contributed by atoms with Gasteiger partial charge < -0.3 is 5.32 Å². The van der Waals surface area contributed by atoms with Gasteiger partial charge in [-0.05, 0) is 41.0 Å². The van der Waals surface area contributed by atoms with Crippen molar-refractivity contribution < 1.29 is 9.18 Å². The minimum Gasteiger partial charge on any atom is -0.349 e. The maximum absolute atomic E-state index is 12.9. The highest BCUT2D eigenvalue weighted by Gasteiger charge is 2.12. The molecule has 1 atom stereocenters. The van der Waals surface area contributed by atoms with Gasteiger partial charge in [-0.15, -0.1) is 5.10 Å². The zero-order valence-electron chi connectivity index (χ0n) is 11.9. The molecule has 1 amide bonds. The second-order valence-corrected chi connectivity index (χ2v) is 4.76. The van der Waals surface area contributed by atoms with Crippen LogP contribution in [0.5, 0.6) is 0 Å². The van der Waals surface area contributed by atoms with E-state index in [0.29, 0.717) is 19.4 Å². The van der Waals surface area contributed by atoms with Crippen molar-refractivity contribution in [3.05, 3.63) is 42.0 Å². The zero-order chi connectivity index (χ0) is 15.1. The maximum Gasteiger partial charge on any atom is 0.220 e. The average Bonchev–Trinajstić information content (AvgIpc) is 2.99. The number of carbonyl (C=O) groups is 1. The molecule has 0 saturated heterocycles. The van der Waals surface area contributed by atoms with Crippen LogP contribution in [0.25, 0.3) is 0 Å². The van der Waals surface area contributed by atoms with Crippen LogP contribution in [0.2, 0.25) is 0 Å². The van der Waals surface area contributed by atoms with Crippen LogP contribution in [0.15, 0.2) is 30.6 Å². The van der Waals surface area contributed by atoms with Gasteiger partial charge in [-0.1, -0.05) is 19.1 Å². The van der Waals surface area contributed by atoms with E-state index in [1.54, 1.807) is 16.8 Å². The Balaban J connectivity index is 1.80. The van der Waals surface area contributed by atoms with Crippen LogP contribution in [-0.4, -0.2) is 26.1 Å². The number of hydrogen-bond acceptors (Lipinski definition) is 4. The van der Waals surface area contributed by atoms with E-state index in [2.05, 4.69) is 20.8 Å². The van der Waals surface area contributed by atoms with E-state index < -0.39 is 0 Å². The maximum atomic E-state index is 12.9. The number of aryl methyl sites for hydroxylation is 1. The highest BCUT2D eigenvalue weighted by molar-refractivity contribution is 5.76. The third kappa shape index (κ3) is 4.62. The molecule has 0 aliphatic rings. The molecule has 21 heavy (non-hydrogen) atoms.